The van der Waals surface area contributed by atoms with Crippen LogP contribution < -0.4 is 0 Å². The van der Waals surface area contributed by atoms with Gasteiger partial charge in [0.2, 0.25) is 11.8 Å². The van der Waals surface area contributed by atoms with Crippen LogP contribution in [0, 0.1) is 5.92 Å². The molecule has 2 heterocycles. The summed E-state index contributed by atoms with van der Waals surface area (Å²) in [6.45, 7) is 6.28. The van der Waals surface area contributed by atoms with Gasteiger partial charge in [-0.3, -0.25) is 19.4 Å². The van der Waals surface area contributed by atoms with Crippen molar-refractivity contribution < 1.29 is 9.59 Å². The van der Waals surface area contributed by atoms with Gasteiger partial charge in [0, 0.05) is 32.6 Å². The maximum atomic E-state index is 12.7. The summed E-state index contributed by atoms with van der Waals surface area (Å²) in [6, 6.07) is 10.00. The highest BCUT2D eigenvalue weighted by molar-refractivity contribution is 6.03. The molecule has 0 aliphatic carbocycles. The molecule has 24 heavy (non-hydrogen) atoms. The molecule has 1 aromatic rings. The van der Waals surface area contributed by atoms with Gasteiger partial charge in [-0.25, -0.2) is 0 Å². The highest BCUT2D eigenvalue weighted by Gasteiger charge is 2.42. The minimum atomic E-state index is -0.225. The molecule has 2 aliphatic rings. The van der Waals surface area contributed by atoms with Crippen LogP contribution in [0.4, 0.5) is 0 Å². The van der Waals surface area contributed by atoms with Gasteiger partial charge in [0.1, 0.15) is 0 Å². The third kappa shape index (κ3) is 3.97. The molecule has 2 fully saturated rings. The topological polar surface area (TPSA) is 43.9 Å². The summed E-state index contributed by atoms with van der Waals surface area (Å²) < 4.78 is 0. The Kier molecular flexibility index (Phi) is 6.38. The van der Waals surface area contributed by atoms with Gasteiger partial charge in [0.25, 0.3) is 0 Å². The number of nitrogens with zero attached hydrogens (tertiary/aromatic N) is 3. The Bertz CT molecular complexity index is 573. The van der Waals surface area contributed by atoms with E-state index >= 15 is 0 Å². The number of hydrogen-bond acceptors (Lipinski definition) is 4. The van der Waals surface area contributed by atoms with Crippen LogP contribution >= 0.6 is 12.4 Å². The number of carbonyl (C=O) groups excluding carboxylic acids is 2. The lowest BCUT2D eigenvalue weighted by Gasteiger charge is -2.34. The Labute approximate surface area is 150 Å². The van der Waals surface area contributed by atoms with Gasteiger partial charge in [0.15, 0.2) is 0 Å². The summed E-state index contributed by atoms with van der Waals surface area (Å²) in [5, 5.41) is 0. The first-order chi connectivity index (χ1) is 11.1. The minimum Gasteiger partial charge on any atom is -0.304 e. The predicted octanol–water partition coefficient (Wildman–Crippen LogP) is 1.79. The summed E-state index contributed by atoms with van der Waals surface area (Å²) in [7, 11) is 2.10. The Morgan fingerprint density at radius 3 is 2.33 bits per heavy atom. The molecule has 2 aliphatic heterocycles. The largest absolute Gasteiger partial charge is 0.304 e. The van der Waals surface area contributed by atoms with E-state index < -0.39 is 0 Å². The van der Waals surface area contributed by atoms with Gasteiger partial charge in [0.05, 0.1) is 12.6 Å². The summed E-state index contributed by atoms with van der Waals surface area (Å²) in [4.78, 5) is 31.0. The van der Waals surface area contributed by atoms with E-state index in [0.29, 0.717) is 13.1 Å². The lowest BCUT2D eigenvalue weighted by molar-refractivity contribution is -0.142. The molecule has 5 nitrogen and oxygen atoms in total. The van der Waals surface area contributed by atoms with Crippen LogP contribution in [-0.2, 0) is 9.59 Å². The van der Waals surface area contributed by atoms with Gasteiger partial charge in [-0.15, -0.1) is 12.4 Å². The van der Waals surface area contributed by atoms with E-state index in [1.807, 2.05) is 37.3 Å². The van der Waals surface area contributed by atoms with E-state index in [1.54, 1.807) is 0 Å². The average molecular weight is 352 g/mol. The normalized spacial score (nSPS) is 24.1. The lowest BCUT2D eigenvalue weighted by Crippen LogP contribution is -2.50. The van der Waals surface area contributed by atoms with Crippen molar-refractivity contribution in [1.29, 1.82) is 0 Å². The first kappa shape index (κ1) is 18.9. The summed E-state index contributed by atoms with van der Waals surface area (Å²) in [5.74, 6) is -0.186. The lowest BCUT2D eigenvalue weighted by atomic mass is 9.86. The number of benzene rings is 1. The van der Waals surface area contributed by atoms with Crippen molar-refractivity contribution in [1.82, 2.24) is 14.7 Å². The van der Waals surface area contributed by atoms with E-state index in [-0.39, 0.29) is 36.1 Å². The number of rotatable bonds is 4. The number of amides is 2. The van der Waals surface area contributed by atoms with Crippen LogP contribution in [0.2, 0.25) is 0 Å². The first-order valence-corrected chi connectivity index (χ1v) is 8.36. The quantitative estimate of drug-likeness (QED) is 0.776. The van der Waals surface area contributed by atoms with Crippen molar-refractivity contribution in [3.05, 3.63) is 35.9 Å². The Morgan fingerprint density at radius 1 is 1.08 bits per heavy atom. The number of likely N-dealkylation sites (tertiary alicyclic amines) is 1. The number of carbonyl (C=O) groups is 2. The van der Waals surface area contributed by atoms with Crippen LogP contribution in [0.25, 0.3) is 0 Å². The van der Waals surface area contributed by atoms with Crippen molar-refractivity contribution in [2.75, 3.05) is 39.9 Å². The molecule has 0 aromatic heterocycles. The molecule has 0 bridgehead atoms. The van der Waals surface area contributed by atoms with E-state index in [4.69, 9.17) is 0 Å². The molecule has 0 spiro atoms. The number of piperazine rings is 1. The zero-order chi connectivity index (χ0) is 16.4. The second-order valence-electron chi connectivity index (χ2n) is 6.73. The van der Waals surface area contributed by atoms with Crippen LogP contribution in [-0.4, -0.2) is 66.4 Å². The third-order valence-electron chi connectivity index (χ3n) is 5.15. The maximum Gasteiger partial charge on any atom is 0.234 e. The van der Waals surface area contributed by atoms with Crippen LogP contribution in [0.3, 0.4) is 0 Å². The van der Waals surface area contributed by atoms with Crippen molar-refractivity contribution >= 4 is 24.2 Å². The van der Waals surface area contributed by atoms with E-state index in [9.17, 15) is 9.59 Å². The second-order valence-corrected chi connectivity index (χ2v) is 6.73. The summed E-state index contributed by atoms with van der Waals surface area (Å²) in [5.41, 5.74) is 1.13. The van der Waals surface area contributed by atoms with Crippen LogP contribution in [0.1, 0.15) is 24.8 Å². The highest BCUT2D eigenvalue weighted by atomic mass is 35.5. The van der Waals surface area contributed by atoms with Crippen molar-refractivity contribution in [3.8, 4) is 0 Å². The molecule has 2 unspecified atom stereocenters. The molecule has 1 aromatic carbocycles. The number of halogens is 1. The molecule has 0 saturated carbocycles. The van der Waals surface area contributed by atoms with Gasteiger partial charge in [-0.05, 0) is 18.5 Å². The highest BCUT2D eigenvalue weighted by Crippen LogP contribution is 2.33. The van der Waals surface area contributed by atoms with E-state index in [2.05, 4.69) is 16.8 Å². The average Bonchev–Trinajstić information content (AvgIpc) is 2.85. The van der Waals surface area contributed by atoms with E-state index in [1.165, 1.54) is 4.90 Å². The standard InChI is InChI=1S/C18H25N3O2.ClH/c1-14(15-6-4-3-5-7-15)16-12-17(22)21(18(16)23)13-20-10-8-19(2)9-11-20;/h3-7,14,16H,8-13H2,1-2H3;1H. The molecule has 0 N–H and O–H groups in total. The zero-order valence-corrected chi connectivity index (χ0v) is 15.2. The molecule has 2 amide bonds. The Hall–Kier alpha value is -1.43. The SMILES string of the molecule is CC(c1ccccc1)C1CC(=O)N(CN2CCN(C)CC2)C1=O.Cl. The molecule has 2 saturated heterocycles. The van der Waals surface area contributed by atoms with Gasteiger partial charge in [-0.1, -0.05) is 37.3 Å². The molecule has 0 radical (unpaired) electrons. The molecule has 2 atom stereocenters. The Balaban J connectivity index is 0.00000208. The maximum absolute atomic E-state index is 12.7. The fourth-order valence-electron chi connectivity index (χ4n) is 3.43. The predicted molar refractivity (Wildman–Crippen MR) is 96.0 cm³/mol. The second kappa shape index (κ2) is 8.10. The number of likely N-dealkylation sites (N-methyl/N-ethyl adjacent to an activating group) is 1. The molecule has 3 rings (SSSR count). The third-order valence-corrected chi connectivity index (χ3v) is 5.15. The smallest absolute Gasteiger partial charge is 0.234 e. The summed E-state index contributed by atoms with van der Waals surface area (Å²) in [6.07, 6.45) is 0.336. The van der Waals surface area contributed by atoms with Gasteiger partial charge >= 0.3 is 0 Å². The van der Waals surface area contributed by atoms with Crippen molar-refractivity contribution in [2.24, 2.45) is 5.92 Å². The molecule has 6 heteroatoms. The summed E-state index contributed by atoms with van der Waals surface area (Å²) >= 11 is 0. The van der Waals surface area contributed by atoms with Crippen LogP contribution in [0.15, 0.2) is 30.3 Å². The van der Waals surface area contributed by atoms with Crippen molar-refractivity contribution in [3.63, 3.8) is 0 Å². The fraction of sp³-hybridized carbons (Fsp3) is 0.556. The van der Waals surface area contributed by atoms with Crippen molar-refractivity contribution in [2.45, 2.75) is 19.3 Å². The molecule has 132 valence electrons. The molecular formula is C18H26ClN3O2. The first-order valence-electron chi connectivity index (χ1n) is 8.36. The van der Waals surface area contributed by atoms with Gasteiger partial charge in [-0.2, -0.15) is 0 Å². The monoisotopic (exact) mass is 351 g/mol. The fourth-order valence-corrected chi connectivity index (χ4v) is 3.43. The Morgan fingerprint density at radius 2 is 1.71 bits per heavy atom. The zero-order valence-electron chi connectivity index (χ0n) is 14.4. The molecular weight excluding hydrogens is 326 g/mol. The minimum absolute atomic E-state index is 0. The number of hydrogen-bond donors (Lipinski definition) is 0. The number of imide groups is 1. The van der Waals surface area contributed by atoms with E-state index in [0.717, 1.165) is 31.7 Å². The van der Waals surface area contributed by atoms with Gasteiger partial charge < -0.3 is 4.90 Å². The van der Waals surface area contributed by atoms with Crippen LogP contribution in [0.5, 0.6) is 0 Å².